The Labute approximate surface area is 172 Å². The average Bonchev–Trinajstić information content (AvgIpc) is 2.63. The fraction of sp³-hybridized carbons (Fsp3) is 0.250. The van der Waals surface area contributed by atoms with Gasteiger partial charge < -0.3 is 14.8 Å². The lowest BCUT2D eigenvalue weighted by atomic mass is 10.2. The van der Waals surface area contributed by atoms with E-state index in [1.165, 1.54) is 13.3 Å². The minimum atomic E-state index is -0.518. The van der Waals surface area contributed by atoms with Crippen LogP contribution in [-0.2, 0) is 9.59 Å². The highest BCUT2D eigenvalue weighted by Crippen LogP contribution is 2.26. The van der Waals surface area contributed by atoms with Gasteiger partial charge in [-0.3, -0.25) is 9.59 Å². The molecule has 2 N–H and O–H groups in total. The van der Waals surface area contributed by atoms with E-state index in [0.29, 0.717) is 11.4 Å². The van der Waals surface area contributed by atoms with Crippen molar-refractivity contribution < 1.29 is 19.1 Å². The van der Waals surface area contributed by atoms with Crippen molar-refractivity contribution in [3.05, 3.63) is 52.5 Å². The zero-order chi connectivity index (χ0) is 20.5. The minimum absolute atomic E-state index is 0.0678. The predicted octanol–water partition coefficient (Wildman–Crippen LogP) is 3.72. The number of ether oxygens (including phenoxy) is 2. The molecule has 2 amide bonds. The Hall–Kier alpha value is -2.87. The second-order valence-corrected chi connectivity index (χ2v) is 6.96. The van der Waals surface area contributed by atoms with Crippen LogP contribution in [0.3, 0.4) is 0 Å². The van der Waals surface area contributed by atoms with Crippen LogP contribution in [0.4, 0.5) is 5.69 Å². The Balaban J connectivity index is 1.84. The fourth-order valence-electron chi connectivity index (χ4n) is 2.22. The molecule has 2 aromatic rings. The summed E-state index contributed by atoms with van der Waals surface area (Å²) in [5, 5.41) is 6.51. The summed E-state index contributed by atoms with van der Waals surface area (Å²) in [6.45, 7) is 3.89. The van der Waals surface area contributed by atoms with Gasteiger partial charge >= 0.3 is 0 Å². The molecule has 0 aromatic heterocycles. The molecule has 8 heteroatoms. The topological polar surface area (TPSA) is 89.0 Å². The van der Waals surface area contributed by atoms with Crippen LogP contribution < -0.4 is 20.2 Å². The van der Waals surface area contributed by atoms with Crippen molar-refractivity contribution in [1.29, 1.82) is 0 Å². The quantitative estimate of drug-likeness (QED) is 0.366. The number of hydrogen-bond donors (Lipinski definition) is 2. The highest BCUT2D eigenvalue weighted by atomic mass is 79.9. The smallest absolute Gasteiger partial charge is 0.249 e. The van der Waals surface area contributed by atoms with E-state index >= 15 is 0 Å². The molecule has 0 radical (unpaired) electrons. The lowest BCUT2D eigenvalue weighted by Gasteiger charge is -2.11. The van der Waals surface area contributed by atoms with E-state index in [0.717, 1.165) is 15.8 Å². The summed E-state index contributed by atoms with van der Waals surface area (Å²) < 4.78 is 11.5. The monoisotopic (exact) mass is 447 g/mol. The van der Waals surface area contributed by atoms with Gasteiger partial charge in [0.1, 0.15) is 17.9 Å². The largest absolute Gasteiger partial charge is 0.497 e. The van der Waals surface area contributed by atoms with Gasteiger partial charge in [-0.15, -0.1) is 0 Å². The van der Waals surface area contributed by atoms with Crippen molar-refractivity contribution in [2.75, 3.05) is 12.4 Å². The molecule has 0 fully saturated rings. The van der Waals surface area contributed by atoms with Crippen LogP contribution in [0.5, 0.6) is 11.5 Å². The zero-order valence-electron chi connectivity index (χ0n) is 15.9. The standard InChI is InChI=1S/C20H22BrN3O4/c1-13(2)28-18-8-7-14(9-17(18)21)12-22-24-20(26)11-19(25)23-15-5-4-6-16(10-15)27-3/h4-10,12-13H,11H2,1-3H3,(H,23,25)(H,24,26). The number of methoxy groups -OCH3 is 1. The number of carbonyl (C=O) groups excluding carboxylic acids is 2. The van der Waals surface area contributed by atoms with Crippen LogP contribution in [-0.4, -0.2) is 31.2 Å². The maximum atomic E-state index is 11.9. The van der Waals surface area contributed by atoms with Crippen molar-refractivity contribution >= 4 is 39.6 Å². The number of anilines is 1. The highest BCUT2D eigenvalue weighted by Gasteiger charge is 2.09. The van der Waals surface area contributed by atoms with Gasteiger partial charge in [0.25, 0.3) is 0 Å². The van der Waals surface area contributed by atoms with E-state index in [4.69, 9.17) is 9.47 Å². The number of halogens is 1. The molecule has 0 bridgehead atoms. The maximum Gasteiger partial charge on any atom is 0.249 e. The summed E-state index contributed by atoms with van der Waals surface area (Å²) in [6.07, 6.45) is 1.21. The molecular formula is C20H22BrN3O4. The first-order chi connectivity index (χ1) is 13.4. The van der Waals surface area contributed by atoms with Crippen molar-refractivity contribution in [3.63, 3.8) is 0 Å². The van der Waals surface area contributed by atoms with Gasteiger partial charge in [0.2, 0.25) is 11.8 Å². The molecule has 0 heterocycles. The van der Waals surface area contributed by atoms with Crippen LogP contribution in [0.25, 0.3) is 0 Å². The Morgan fingerprint density at radius 2 is 1.96 bits per heavy atom. The molecular weight excluding hydrogens is 426 g/mol. The second-order valence-electron chi connectivity index (χ2n) is 6.11. The number of carbonyl (C=O) groups is 2. The number of nitrogens with zero attached hydrogens (tertiary/aromatic N) is 1. The molecule has 0 unspecified atom stereocenters. The number of rotatable bonds is 8. The molecule has 0 saturated carbocycles. The molecule has 7 nitrogen and oxygen atoms in total. The van der Waals surface area contributed by atoms with Crippen molar-refractivity contribution in [1.82, 2.24) is 5.43 Å². The van der Waals surface area contributed by atoms with Crippen LogP contribution in [0.2, 0.25) is 0 Å². The average molecular weight is 448 g/mol. The number of hydrogen-bond acceptors (Lipinski definition) is 5. The predicted molar refractivity (Wildman–Crippen MR) is 112 cm³/mol. The van der Waals surface area contributed by atoms with E-state index < -0.39 is 11.8 Å². The molecule has 0 spiro atoms. The Bertz CT molecular complexity index is 868. The third kappa shape index (κ3) is 7.03. The number of benzene rings is 2. The first kappa shape index (κ1) is 21.4. The molecule has 0 saturated heterocycles. The van der Waals surface area contributed by atoms with Gasteiger partial charge in [-0.1, -0.05) is 6.07 Å². The normalized spacial score (nSPS) is 10.8. The Morgan fingerprint density at radius 1 is 1.18 bits per heavy atom. The van der Waals surface area contributed by atoms with Crippen molar-refractivity contribution in [3.8, 4) is 11.5 Å². The summed E-state index contributed by atoms with van der Waals surface area (Å²) in [7, 11) is 1.54. The van der Waals surface area contributed by atoms with Gasteiger partial charge in [0, 0.05) is 11.8 Å². The van der Waals surface area contributed by atoms with Gasteiger partial charge in [0.05, 0.1) is 23.9 Å². The molecule has 0 aliphatic heterocycles. The summed E-state index contributed by atoms with van der Waals surface area (Å²) in [6, 6.07) is 12.3. The molecule has 2 rings (SSSR count). The number of nitrogens with one attached hydrogen (secondary N) is 2. The van der Waals surface area contributed by atoms with Gasteiger partial charge in [-0.05, 0) is 65.7 Å². The summed E-state index contributed by atoms with van der Waals surface area (Å²) in [5.41, 5.74) is 3.65. The molecule has 28 heavy (non-hydrogen) atoms. The fourth-order valence-corrected chi connectivity index (χ4v) is 2.71. The Morgan fingerprint density at radius 3 is 2.64 bits per heavy atom. The molecule has 0 aliphatic rings. The number of hydrazone groups is 1. The first-order valence-corrected chi connectivity index (χ1v) is 9.38. The summed E-state index contributed by atoms with van der Waals surface area (Å²) in [4.78, 5) is 23.8. The Kier molecular flexibility index (Phi) is 8.01. The van der Waals surface area contributed by atoms with Gasteiger partial charge in [-0.2, -0.15) is 5.10 Å². The molecule has 148 valence electrons. The first-order valence-electron chi connectivity index (χ1n) is 8.59. The lowest BCUT2D eigenvalue weighted by Crippen LogP contribution is -2.24. The minimum Gasteiger partial charge on any atom is -0.497 e. The van der Waals surface area contributed by atoms with E-state index in [1.54, 1.807) is 24.3 Å². The maximum absolute atomic E-state index is 11.9. The molecule has 2 aromatic carbocycles. The lowest BCUT2D eigenvalue weighted by molar-refractivity contribution is -0.126. The second kappa shape index (κ2) is 10.5. The third-order valence-corrected chi connectivity index (χ3v) is 4.02. The van der Waals surface area contributed by atoms with Crippen LogP contribution in [0.1, 0.15) is 25.8 Å². The van der Waals surface area contributed by atoms with Crippen LogP contribution in [0.15, 0.2) is 52.0 Å². The van der Waals surface area contributed by atoms with E-state index in [1.807, 2.05) is 32.0 Å². The van der Waals surface area contributed by atoms with Crippen LogP contribution >= 0.6 is 15.9 Å². The highest BCUT2D eigenvalue weighted by molar-refractivity contribution is 9.10. The van der Waals surface area contributed by atoms with Gasteiger partial charge in [0.15, 0.2) is 0 Å². The summed E-state index contributed by atoms with van der Waals surface area (Å²) in [5.74, 6) is 0.377. The third-order valence-electron chi connectivity index (χ3n) is 3.40. The summed E-state index contributed by atoms with van der Waals surface area (Å²) >= 11 is 3.44. The molecule has 0 aliphatic carbocycles. The van der Waals surface area contributed by atoms with Crippen molar-refractivity contribution in [2.45, 2.75) is 26.4 Å². The molecule has 0 atom stereocenters. The van der Waals surface area contributed by atoms with E-state index in [9.17, 15) is 9.59 Å². The van der Waals surface area contributed by atoms with Crippen LogP contribution in [0, 0.1) is 0 Å². The van der Waals surface area contributed by atoms with E-state index in [2.05, 4.69) is 31.8 Å². The van der Waals surface area contributed by atoms with E-state index in [-0.39, 0.29) is 12.5 Å². The zero-order valence-corrected chi connectivity index (χ0v) is 17.4. The van der Waals surface area contributed by atoms with Gasteiger partial charge in [-0.25, -0.2) is 5.43 Å². The number of amides is 2. The van der Waals surface area contributed by atoms with Crippen molar-refractivity contribution in [2.24, 2.45) is 5.10 Å². The SMILES string of the molecule is COc1cccc(NC(=O)CC(=O)NN=Cc2ccc(OC(C)C)c(Br)c2)c1.